The summed E-state index contributed by atoms with van der Waals surface area (Å²) in [5.41, 5.74) is 9.69. The molecule has 0 radical (unpaired) electrons. The lowest BCUT2D eigenvalue weighted by Gasteiger charge is -2.21. The molecular weight excluding hydrogens is 184 g/mol. The molecule has 0 unspecified atom stereocenters. The summed E-state index contributed by atoms with van der Waals surface area (Å²) >= 11 is 0. The summed E-state index contributed by atoms with van der Waals surface area (Å²) in [4.78, 5) is 0. The number of rotatable bonds is 3. The van der Waals surface area contributed by atoms with Gasteiger partial charge in [-0.2, -0.15) is 0 Å². The van der Waals surface area contributed by atoms with E-state index >= 15 is 0 Å². The molecule has 3 N–H and O–H groups in total. The minimum absolute atomic E-state index is 0.213. The summed E-state index contributed by atoms with van der Waals surface area (Å²) < 4.78 is 0. The van der Waals surface area contributed by atoms with Crippen LogP contribution < -0.4 is 11.1 Å². The van der Waals surface area contributed by atoms with Crippen LogP contribution in [0.3, 0.4) is 0 Å². The second-order valence-corrected chi connectivity index (χ2v) is 5.02. The topological polar surface area (TPSA) is 38.0 Å². The molecule has 0 aliphatic heterocycles. The molecule has 0 heterocycles. The van der Waals surface area contributed by atoms with Gasteiger partial charge in [-0.3, -0.25) is 0 Å². The third-order valence-electron chi connectivity index (χ3n) is 2.67. The highest BCUT2D eigenvalue weighted by atomic mass is 14.9. The van der Waals surface area contributed by atoms with Crippen LogP contribution in [-0.2, 0) is 12.0 Å². The van der Waals surface area contributed by atoms with Crippen LogP contribution in [-0.4, -0.2) is 6.67 Å². The molecule has 0 aliphatic rings. The van der Waals surface area contributed by atoms with E-state index in [0.717, 1.165) is 6.54 Å². The Bertz CT molecular complexity index is 324. The third kappa shape index (κ3) is 3.33. The van der Waals surface area contributed by atoms with Gasteiger partial charge in [0.15, 0.2) is 0 Å². The zero-order valence-corrected chi connectivity index (χ0v) is 10.2. The Morgan fingerprint density at radius 2 is 1.93 bits per heavy atom. The molecular formula is C13H22N2. The molecule has 0 fully saturated rings. The fraction of sp³-hybridized carbons (Fsp3) is 0.538. The van der Waals surface area contributed by atoms with Gasteiger partial charge in [0.05, 0.1) is 0 Å². The summed E-state index contributed by atoms with van der Waals surface area (Å²) in [5.74, 6) is 0. The van der Waals surface area contributed by atoms with Gasteiger partial charge >= 0.3 is 0 Å². The average Bonchev–Trinajstić information content (AvgIpc) is 2.15. The van der Waals surface area contributed by atoms with E-state index in [-0.39, 0.29) is 5.41 Å². The largest absolute Gasteiger partial charge is 0.318 e. The molecule has 0 aromatic heterocycles. The lowest BCUT2D eigenvalue weighted by molar-refractivity contribution is 0.587. The van der Waals surface area contributed by atoms with Crippen LogP contribution in [0.25, 0.3) is 0 Å². The van der Waals surface area contributed by atoms with Crippen LogP contribution in [0.2, 0.25) is 0 Å². The monoisotopic (exact) mass is 206 g/mol. The first-order valence-corrected chi connectivity index (χ1v) is 5.46. The van der Waals surface area contributed by atoms with Crippen molar-refractivity contribution in [3.63, 3.8) is 0 Å². The van der Waals surface area contributed by atoms with E-state index in [0.29, 0.717) is 6.67 Å². The number of nitrogens with two attached hydrogens (primary N) is 1. The zero-order valence-electron chi connectivity index (χ0n) is 10.2. The maximum atomic E-state index is 5.44. The van der Waals surface area contributed by atoms with Gasteiger partial charge in [-0.05, 0) is 29.0 Å². The molecule has 2 heteroatoms. The van der Waals surface area contributed by atoms with E-state index in [2.05, 4.69) is 51.2 Å². The molecule has 1 rings (SSSR count). The zero-order chi connectivity index (χ0) is 11.5. The summed E-state index contributed by atoms with van der Waals surface area (Å²) in [6, 6.07) is 6.67. The van der Waals surface area contributed by atoms with Crippen molar-refractivity contribution in [1.29, 1.82) is 0 Å². The molecule has 84 valence electrons. The molecule has 0 saturated carbocycles. The molecule has 0 amide bonds. The molecule has 0 atom stereocenters. The Hall–Kier alpha value is -0.860. The van der Waals surface area contributed by atoms with Crippen molar-refractivity contribution in [3.8, 4) is 0 Å². The van der Waals surface area contributed by atoms with E-state index in [9.17, 15) is 0 Å². The van der Waals surface area contributed by atoms with Crippen LogP contribution >= 0.6 is 0 Å². The maximum absolute atomic E-state index is 5.44. The second-order valence-electron chi connectivity index (χ2n) is 5.02. The molecule has 15 heavy (non-hydrogen) atoms. The van der Waals surface area contributed by atoms with Crippen molar-refractivity contribution in [1.82, 2.24) is 5.32 Å². The van der Waals surface area contributed by atoms with Gasteiger partial charge in [-0.25, -0.2) is 0 Å². The van der Waals surface area contributed by atoms with Crippen LogP contribution in [0.4, 0.5) is 0 Å². The number of aryl methyl sites for hydroxylation is 1. The van der Waals surface area contributed by atoms with Gasteiger partial charge in [0.1, 0.15) is 0 Å². The van der Waals surface area contributed by atoms with Crippen molar-refractivity contribution in [2.24, 2.45) is 5.73 Å². The standard InChI is InChI=1S/C13H22N2/c1-10-5-6-12(13(2,3)4)7-11(10)8-15-9-14/h5-7,15H,8-9,14H2,1-4H3. The molecule has 0 bridgehead atoms. The maximum Gasteiger partial charge on any atom is 0.0431 e. The molecule has 0 spiro atoms. The predicted molar refractivity (Wildman–Crippen MR) is 65.8 cm³/mol. The van der Waals surface area contributed by atoms with Crippen LogP contribution in [0, 0.1) is 6.92 Å². The fourth-order valence-corrected chi connectivity index (χ4v) is 1.54. The molecule has 0 aliphatic carbocycles. The van der Waals surface area contributed by atoms with Crippen molar-refractivity contribution in [3.05, 3.63) is 34.9 Å². The minimum atomic E-state index is 0.213. The lowest BCUT2D eigenvalue weighted by Crippen LogP contribution is -2.22. The van der Waals surface area contributed by atoms with Gasteiger partial charge in [-0.15, -0.1) is 0 Å². The van der Waals surface area contributed by atoms with E-state index in [1.54, 1.807) is 0 Å². The Morgan fingerprint density at radius 1 is 1.27 bits per heavy atom. The van der Waals surface area contributed by atoms with Crippen LogP contribution in [0.15, 0.2) is 18.2 Å². The highest BCUT2D eigenvalue weighted by Crippen LogP contribution is 2.24. The Balaban J connectivity index is 2.95. The first-order chi connectivity index (χ1) is 6.95. The highest BCUT2D eigenvalue weighted by molar-refractivity contribution is 5.34. The summed E-state index contributed by atoms with van der Waals surface area (Å²) in [7, 11) is 0. The van der Waals surface area contributed by atoms with Crippen molar-refractivity contribution < 1.29 is 0 Å². The van der Waals surface area contributed by atoms with Crippen molar-refractivity contribution in [2.75, 3.05) is 6.67 Å². The Morgan fingerprint density at radius 3 is 2.47 bits per heavy atom. The van der Waals surface area contributed by atoms with Gasteiger partial charge < -0.3 is 11.1 Å². The first kappa shape index (κ1) is 12.2. The summed E-state index contributed by atoms with van der Waals surface area (Å²) in [6.07, 6.45) is 0. The Kier molecular flexibility index (Phi) is 3.89. The SMILES string of the molecule is Cc1ccc(C(C)(C)C)cc1CNCN. The normalized spacial score (nSPS) is 11.8. The van der Waals surface area contributed by atoms with Crippen molar-refractivity contribution in [2.45, 2.75) is 39.7 Å². The molecule has 1 aromatic carbocycles. The van der Waals surface area contributed by atoms with E-state index in [1.165, 1.54) is 16.7 Å². The highest BCUT2D eigenvalue weighted by Gasteiger charge is 2.14. The van der Waals surface area contributed by atoms with Crippen molar-refractivity contribution >= 4 is 0 Å². The second kappa shape index (κ2) is 4.77. The number of hydrogen-bond donors (Lipinski definition) is 2. The van der Waals surface area contributed by atoms with E-state index in [4.69, 9.17) is 5.73 Å². The van der Waals surface area contributed by atoms with E-state index in [1.807, 2.05) is 0 Å². The number of hydrogen-bond acceptors (Lipinski definition) is 2. The first-order valence-electron chi connectivity index (χ1n) is 5.46. The Labute approximate surface area is 92.9 Å². The smallest absolute Gasteiger partial charge is 0.0431 e. The van der Waals surface area contributed by atoms with Crippen LogP contribution in [0.5, 0.6) is 0 Å². The minimum Gasteiger partial charge on any atom is -0.318 e. The van der Waals surface area contributed by atoms with Crippen LogP contribution in [0.1, 0.15) is 37.5 Å². The predicted octanol–water partition coefficient (Wildman–Crippen LogP) is 2.30. The summed E-state index contributed by atoms with van der Waals surface area (Å²) in [6.45, 7) is 10.2. The third-order valence-corrected chi connectivity index (χ3v) is 2.67. The van der Waals surface area contributed by atoms with Gasteiger partial charge in [-0.1, -0.05) is 39.0 Å². The molecule has 2 nitrogen and oxygen atoms in total. The fourth-order valence-electron chi connectivity index (χ4n) is 1.54. The summed E-state index contributed by atoms with van der Waals surface area (Å²) in [5, 5.41) is 3.16. The van der Waals surface area contributed by atoms with Gasteiger partial charge in [0.2, 0.25) is 0 Å². The average molecular weight is 206 g/mol. The number of benzene rings is 1. The molecule has 0 saturated heterocycles. The molecule has 1 aromatic rings. The lowest BCUT2D eigenvalue weighted by atomic mass is 9.85. The van der Waals surface area contributed by atoms with Gasteiger partial charge in [0.25, 0.3) is 0 Å². The quantitative estimate of drug-likeness (QED) is 0.745. The van der Waals surface area contributed by atoms with Gasteiger partial charge in [0, 0.05) is 13.2 Å². The number of nitrogens with one attached hydrogen (secondary N) is 1. The van der Waals surface area contributed by atoms with E-state index < -0.39 is 0 Å².